The first-order chi connectivity index (χ1) is 25.9. The van der Waals surface area contributed by atoms with Crippen molar-refractivity contribution in [2.45, 2.75) is 46.0 Å². The smallest absolute Gasteiger partial charge is 0.250 e. The van der Waals surface area contributed by atoms with E-state index in [0.29, 0.717) is 55.1 Å². The van der Waals surface area contributed by atoms with Crippen molar-refractivity contribution >= 4 is 40.6 Å². The number of aromatic nitrogens is 8. The van der Waals surface area contributed by atoms with E-state index in [1.165, 1.54) is 0 Å². The standard InChI is InChI=1S/C38H46N10O6/c1-23(2)32-28(36-41-34(45-47(36)43-32)24-8-12-26(13-9-24)39-30(49)21-53-18-16-51-6)20-29-33(38(3,4)5)44-48-37(29)42-35(46-48)25-10-14-27(15-11-25)40-31(50)22-54-19-17-52-7/h8-15,20,23H,16-19,21-22H2,1-7H3,(H,39,49)(H,40,50)(H,42,46)/b28-20-. The zero-order valence-electron chi connectivity index (χ0n) is 31.6. The molecule has 0 bridgehead atoms. The summed E-state index contributed by atoms with van der Waals surface area (Å²) in [5.41, 5.74) is 6.46. The molecule has 0 radical (unpaired) electrons. The first-order valence-corrected chi connectivity index (χ1v) is 17.7. The lowest BCUT2D eigenvalue weighted by molar-refractivity contribution is -0.121. The second-order valence-electron chi connectivity index (χ2n) is 14.0. The van der Waals surface area contributed by atoms with Crippen LogP contribution in [-0.4, -0.2) is 105 Å². The lowest BCUT2D eigenvalue weighted by Crippen LogP contribution is -2.19. The molecule has 0 saturated heterocycles. The molecular weight excluding hydrogens is 692 g/mol. The molecule has 0 aliphatic carbocycles. The number of aromatic amines is 1. The van der Waals surface area contributed by atoms with E-state index >= 15 is 0 Å². The van der Waals surface area contributed by atoms with Crippen LogP contribution in [0.4, 0.5) is 11.4 Å². The highest BCUT2D eigenvalue weighted by molar-refractivity contribution is 5.92. The summed E-state index contributed by atoms with van der Waals surface area (Å²) in [5, 5.41) is 25.8. The van der Waals surface area contributed by atoms with Gasteiger partial charge in [-0.15, -0.1) is 19.5 Å². The van der Waals surface area contributed by atoms with E-state index in [9.17, 15) is 9.59 Å². The maximum Gasteiger partial charge on any atom is 0.250 e. The largest absolute Gasteiger partial charge is 0.382 e. The van der Waals surface area contributed by atoms with Crippen molar-refractivity contribution in [3.05, 3.63) is 70.7 Å². The minimum Gasteiger partial charge on any atom is -0.382 e. The zero-order chi connectivity index (χ0) is 38.4. The summed E-state index contributed by atoms with van der Waals surface area (Å²) >= 11 is 0. The van der Waals surface area contributed by atoms with Crippen molar-refractivity contribution in [2.24, 2.45) is 0 Å². The van der Waals surface area contributed by atoms with Gasteiger partial charge in [0.2, 0.25) is 11.8 Å². The van der Waals surface area contributed by atoms with Gasteiger partial charge in [0.1, 0.15) is 13.2 Å². The Labute approximate surface area is 312 Å². The summed E-state index contributed by atoms with van der Waals surface area (Å²) < 4.78 is 23.7. The number of methoxy groups -OCH3 is 2. The Morgan fingerprint density at radius 3 is 1.89 bits per heavy atom. The monoisotopic (exact) mass is 738 g/mol. The molecule has 6 aromatic rings. The molecule has 0 unspecified atom stereocenters. The van der Waals surface area contributed by atoms with Crippen LogP contribution in [0.15, 0.2) is 48.5 Å². The number of carbonyl (C=O) groups excluding carboxylic acids is 2. The summed E-state index contributed by atoms with van der Waals surface area (Å²) in [4.78, 5) is 32.9. The predicted octanol–water partition coefficient (Wildman–Crippen LogP) is 4.00. The Morgan fingerprint density at radius 1 is 0.778 bits per heavy atom. The molecule has 54 heavy (non-hydrogen) atoms. The van der Waals surface area contributed by atoms with Crippen LogP contribution < -0.4 is 15.9 Å². The van der Waals surface area contributed by atoms with Gasteiger partial charge in [0, 0.05) is 52.9 Å². The zero-order valence-corrected chi connectivity index (χ0v) is 31.6. The lowest BCUT2D eigenvalue weighted by Gasteiger charge is -2.16. The Kier molecular flexibility index (Phi) is 11.8. The highest BCUT2D eigenvalue weighted by atomic mass is 16.5. The van der Waals surface area contributed by atoms with Crippen LogP contribution >= 0.6 is 0 Å². The number of amides is 2. The van der Waals surface area contributed by atoms with Crippen molar-refractivity contribution in [2.75, 3.05) is 64.5 Å². The van der Waals surface area contributed by atoms with E-state index in [1.807, 2.05) is 36.4 Å². The highest BCUT2D eigenvalue weighted by Gasteiger charge is 2.26. The molecule has 284 valence electrons. The van der Waals surface area contributed by atoms with Gasteiger partial charge < -0.3 is 34.6 Å². The molecule has 4 heterocycles. The molecule has 0 aliphatic heterocycles. The lowest BCUT2D eigenvalue weighted by atomic mass is 9.89. The van der Waals surface area contributed by atoms with Crippen LogP contribution in [0, 0.1) is 0 Å². The molecule has 0 spiro atoms. The molecule has 0 aliphatic rings. The molecule has 2 amide bonds. The third-order valence-electron chi connectivity index (χ3n) is 8.39. The van der Waals surface area contributed by atoms with Gasteiger partial charge in [-0.05, 0) is 60.5 Å². The van der Waals surface area contributed by atoms with E-state index in [2.05, 4.69) is 56.3 Å². The van der Waals surface area contributed by atoms with Crippen LogP contribution in [0.1, 0.15) is 57.5 Å². The molecule has 0 saturated carbocycles. The fraction of sp³-hybridized carbons (Fsp3) is 0.395. The molecule has 0 fully saturated rings. The van der Waals surface area contributed by atoms with Gasteiger partial charge in [-0.3, -0.25) is 9.59 Å². The van der Waals surface area contributed by atoms with Crippen molar-refractivity contribution in [3.8, 4) is 22.8 Å². The molecule has 6 rings (SSSR count). The van der Waals surface area contributed by atoms with Crippen LogP contribution in [-0.2, 0) is 34.0 Å². The first-order valence-electron chi connectivity index (χ1n) is 17.7. The Bertz CT molecular complexity index is 2270. The molecule has 0 atom stereocenters. The van der Waals surface area contributed by atoms with E-state index < -0.39 is 0 Å². The average Bonchev–Trinajstić information content (AvgIpc) is 3.90. The molecule has 16 heteroatoms. The average molecular weight is 739 g/mol. The number of ether oxygens (including phenoxy) is 4. The van der Waals surface area contributed by atoms with Crippen LogP contribution in [0.3, 0.4) is 0 Å². The van der Waals surface area contributed by atoms with Gasteiger partial charge in [0.25, 0.3) is 0 Å². The number of hydrogen-bond donors (Lipinski definition) is 3. The topological polar surface area (TPSA) is 184 Å². The number of anilines is 2. The van der Waals surface area contributed by atoms with Crippen molar-refractivity contribution in [1.29, 1.82) is 0 Å². The molecule has 4 aromatic heterocycles. The predicted molar refractivity (Wildman–Crippen MR) is 203 cm³/mol. The third kappa shape index (κ3) is 8.80. The number of nitrogens with zero attached hydrogens (tertiary/aromatic N) is 7. The SMILES string of the molecule is COCCOCC(=O)Nc1ccc(-c2nc3/c(=C\c4c(C(C)(C)C)nn5nc(-c6ccc(NC(=O)COCCOC)cc6)[nH]c45)c(C(C)C)nn3n2)cc1. The van der Waals surface area contributed by atoms with Gasteiger partial charge in [0.05, 0.1) is 37.8 Å². The third-order valence-corrected chi connectivity index (χ3v) is 8.39. The molecule has 3 N–H and O–H groups in total. The number of H-pyrrole nitrogens is 1. The first kappa shape index (κ1) is 38.2. The van der Waals surface area contributed by atoms with E-state index in [4.69, 9.17) is 44.3 Å². The van der Waals surface area contributed by atoms with Gasteiger partial charge in [-0.2, -0.15) is 10.2 Å². The van der Waals surface area contributed by atoms with Crippen molar-refractivity contribution < 1.29 is 28.5 Å². The van der Waals surface area contributed by atoms with Crippen LogP contribution in [0.5, 0.6) is 0 Å². The fourth-order valence-corrected chi connectivity index (χ4v) is 5.73. The second kappa shape index (κ2) is 16.6. The molecule has 16 nitrogen and oxygen atoms in total. The number of hydrogen-bond acceptors (Lipinski definition) is 11. The number of fused-ring (bicyclic) bond motifs is 2. The summed E-state index contributed by atoms with van der Waals surface area (Å²) in [6.45, 7) is 11.9. The maximum atomic E-state index is 12.3. The Morgan fingerprint density at radius 2 is 1.35 bits per heavy atom. The van der Waals surface area contributed by atoms with Gasteiger partial charge in [0.15, 0.2) is 22.9 Å². The van der Waals surface area contributed by atoms with E-state index in [-0.39, 0.29) is 36.4 Å². The summed E-state index contributed by atoms with van der Waals surface area (Å²) in [5.74, 6) is 0.701. The van der Waals surface area contributed by atoms with Crippen LogP contribution in [0.25, 0.3) is 40.1 Å². The number of rotatable bonds is 16. The Balaban J connectivity index is 1.29. The van der Waals surface area contributed by atoms with E-state index in [1.54, 1.807) is 35.6 Å². The van der Waals surface area contributed by atoms with Gasteiger partial charge >= 0.3 is 0 Å². The summed E-state index contributed by atoms with van der Waals surface area (Å²) in [7, 11) is 3.16. The molecular formula is C38H46N10O6. The second-order valence-corrected chi connectivity index (χ2v) is 14.0. The van der Waals surface area contributed by atoms with Crippen LogP contribution in [0.2, 0.25) is 0 Å². The van der Waals surface area contributed by atoms with E-state index in [0.717, 1.165) is 38.9 Å². The maximum absolute atomic E-state index is 12.3. The minimum atomic E-state index is -0.311. The number of nitrogens with one attached hydrogen (secondary N) is 3. The van der Waals surface area contributed by atoms with Crippen molar-refractivity contribution in [3.63, 3.8) is 0 Å². The fourth-order valence-electron chi connectivity index (χ4n) is 5.73. The van der Waals surface area contributed by atoms with Crippen molar-refractivity contribution in [1.82, 2.24) is 39.6 Å². The Hall–Kier alpha value is -5.55. The number of benzene rings is 2. The van der Waals surface area contributed by atoms with Gasteiger partial charge in [-0.25, -0.2) is 4.98 Å². The summed E-state index contributed by atoms with van der Waals surface area (Å²) in [6.07, 6.45) is 2.07. The normalized spacial score (nSPS) is 12.4. The quantitative estimate of drug-likeness (QED) is 0.122. The number of carbonyl (C=O) groups is 2. The molecule has 2 aromatic carbocycles. The summed E-state index contributed by atoms with van der Waals surface area (Å²) in [6, 6.07) is 14.7. The highest BCUT2D eigenvalue weighted by Crippen LogP contribution is 2.30. The van der Waals surface area contributed by atoms with Gasteiger partial charge in [-0.1, -0.05) is 34.6 Å². The minimum absolute atomic E-state index is 0.0587.